The zero-order valence-electron chi connectivity index (χ0n) is 18.1. The number of anilines is 1. The van der Waals surface area contributed by atoms with Crippen LogP contribution in [0.1, 0.15) is 50.6 Å². The first-order valence-electron chi connectivity index (χ1n) is 10.7. The van der Waals surface area contributed by atoms with E-state index in [1.807, 2.05) is 11.9 Å². The maximum absolute atomic E-state index is 14.3. The summed E-state index contributed by atoms with van der Waals surface area (Å²) in [5.74, 6) is -0.0360. The quantitative estimate of drug-likeness (QED) is 0.373. The predicted octanol–water partition coefficient (Wildman–Crippen LogP) is 2.37. The average molecular weight is 455 g/mol. The molecule has 172 valence electrons. The van der Waals surface area contributed by atoms with E-state index in [-0.39, 0.29) is 24.0 Å². The summed E-state index contributed by atoms with van der Waals surface area (Å²) in [4.78, 5) is 25.9. The minimum atomic E-state index is -3.50. The molecule has 1 aliphatic carbocycles. The maximum Gasteiger partial charge on any atom is 0.324 e. The van der Waals surface area contributed by atoms with Crippen LogP contribution in [0.4, 0.5) is 14.9 Å². The number of carbonyl (C=O) groups excluding carboxylic acids is 2. The molecule has 2 N–H and O–H groups in total. The maximum atomic E-state index is 14.3. The average Bonchev–Trinajstić information content (AvgIpc) is 3.44. The number of hydrogen-bond donors (Lipinski definition) is 2. The van der Waals surface area contributed by atoms with Gasteiger partial charge in [0.2, 0.25) is 15.9 Å². The molecule has 1 heterocycles. The van der Waals surface area contributed by atoms with Crippen molar-refractivity contribution in [3.8, 4) is 0 Å². The van der Waals surface area contributed by atoms with Crippen LogP contribution in [0.3, 0.4) is 0 Å². The third-order valence-electron chi connectivity index (χ3n) is 5.68. The molecule has 0 bridgehead atoms. The van der Waals surface area contributed by atoms with Gasteiger partial charge < -0.3 is 9.80 Å². The molecule has 2 fully saturated rings. The van der Waals surface area contributed by atoms with Gasteiger partial charge in [0, 0.05) is 26.2 Å². The summed E-state index contributed by atoms with van der Waals surface area (Å²) in [5.41, 5.74) is 1.20. The van der Waals surface area contributed by atoms with Crippen molar-refractivity contribution >= 4 is 27.6 Å². The van der Waals surface area contributed by atoms with Crippen molar-refractivity contribution in [2.45, 2.75) is 45.1 Å². The molecule has 0 spiro atoms. The molecular formula is C21H31FN4O4S. The standard InChI is InChI=1S/C21H31FN4O4S/c1-15(17-8-9-18(22)19(12-17)25(2)13-16-6-7-16)24-31(29,30)11-5-3-4-10-26-14-20(27)23-21(26)28/h8-9,12,15-16,24H,3-7,10-11,13-14H2,1-2H3,(H,23,27,28)/t15-/m1/s1. The molecule has 1 atom stereocenters. The van der Waals surface area contributed by atoms with Gasteiger partial charge in [0.05, 0.1) is 11.4 Å². The summed E-state index contributed by atoms with van der Waals surface area (Å²) in [7, 11) is -1.65. The highest BCUT2D eigenvalue weighted by molar-refractivity contribution is 7.89. The Balaban J connectivity index is 1.45. The molecular weight excluding hydrogens is 423 g/mol. The van der Waals surface area contributed by atoms with Gasteiger partial charge in [-0.3, -0.25) is 10.1 Å². The topological polar surface area (TPSA) is 98.8 Å². The van der Waals surface area contributed by atoms with Gasteiger partial charge in [0.1, 0.15) is 12.4 Å². The van der Waals surface area contributed by atoms with E-state index >= 15 is 0 Å². The second-order valence-corrected chi connectivity index (χ2v) is 10.4. The monoisotopic (exact) mass is 454 g/mol. The minimum Gasteiger partial charge on any atom is -0.372 e. The van der Waals surface area contributed by atoms with Gasteiger partial charge in [-0.1, -0.05) is 12.5 Å². The Kier molecular flexibility index (Phi) is 7.53. The highest BCUT2D eigenvalue weighted by Gasteiger charge is 2.26. The van der Waals surface area contributed by atoms with Crippen molar-refractivity contribution in [3.05, 3.63) is 29.6 Å². The normalized spacial score (nSPS) is 17.7. The molecule has 8 nitrogen and oxygen atoms in total. The van der Waals surface area contributed by atoms with Crippen LogP contribution in [-0.4, -0.2) is 57.7 Å². The Labute approximate surface area is 183 Å². The Morgan fingerprint density at radius 3 is 2.65 bits per heavy atom. The second kappa shape index (κ2) is 9.95. The Morgan fingerprint density at radius 1 is 1.26 bits per heavy atom. The number of urea groups is 1. The lowest BCUT2D eigenvalue weighted by molar-refractivity contribution is -0.118. The summed E-state index contributed by atoms with van der Waals surface area (Å²) in [5, 5.41) is 2.21. The molecule has 3 rings (SSSR count). The van der Waals surface area contributed by atoms with Gasteiger partial charge >= 0.3 is 6.03 Å². The number of sulfonamides is 1. The molecule has 0 radical (unpaired) electrons. The van der Waals surface area contributed by atoms with Crippen molar-refractivity contribution in [1.29, 1.82) is 0 Å². The number of imide groups is 1. The molecule has 3 amide bonds. The van der Waals surface area contributed by atoms with Crippen LogP contribution >= 0.6 is 0 Å². The summed E-state index contributed by atoms with van der Waals surface area (Å²) in [6.07, 6.45) is 4.04. The molecule has 0 aromatic heterocycles. The van der Waals surface area contributed by atoms with E-state index in [4.69, 9.17) is 0 Å². The van der Waals surface area contributed by atoms with Crippen LogP contribution in [0.5, 0.6) is 0 Å². The van der Waals surface area contributed by atoms with Gasteiger partial charge in [-0.05, 0) is 56.2 Å². The lowest BCUT2D eigenvalue weighted by Crippen LogP contribution is -2.30. The number of rotatable bonds is 12. The summed E-state index contributed by atoms with van der Waals surface area (Å²) >= 11 is 0. The summed E-state index contributed by atoms with van der Waals surface area (Å²) in [6.45, 7) is 3.03. The van der Waals surface area contributed by atoms with E-state index in [1.54, 1.807) is 19.1 Å². The highest BCUT2D eigenvalue weighted by Crippen LogP contribution is 2.32. The molecule has 1 saturated heterocycles. The van der Waals surface area contributed by atoms with Crippen molar-refractivity contribution in [2.24, 2.45) is 5.92 Å². The number of benzene rings is 1. The first-order valence-corrected chi connectivity index (χ1v) is 12.4. The lowest BCUT2D eigenvalue weighted by Gasteiger charge is -2.22. The number of amides is 3. The van der Waals surface area contributed by atoms with Gasteiger partial charge in [-0.2, -0.15) is 0 Å². The second-order valence-electron chi connectivity index (χ2n) is 8.53. The van der Waals surface area contributed by atoms with Crippen LogP contribution in [-0.2, 0) is 14.8 Å². The van der Waals surface area contributed by atoms with Gasteiger partial charge in [-0.25, -0.2) is 22.3 Å². The summed E-state index contributed by atoms with van der Waals surface area (Å²) in [6, 6.07) is 3.85. The molecule has 1 aromatic carbocycles. The van der Waals surface area contributed by atoms with Gasteiger partial charge in [0.25, 0.3) is 0 Å². The van der Waals surface area contributed by atoms with E-state index in [0.717, 1.165) is 6.54 Å². The molecule has 10 heteroatoms. The largest absolute Gasteiger partial charge is 0.372 e. The molecule has 0 unspecified atom stereocenters. The zero-order valence-corrected chi connectivity index (χ0v) is 18.9. The fraction of sp³-hybridized carbons (Fsp3) is 0.619. The number of halogens is 1. The number of nitrogens with zero attached hydrogens (tertiary/aromatic N) is 2. The molecule has 2 aliphatic rings. The van der Waals surface area contributed by atoms with E-state index in [1.165, 1.54) is 23.8 Å². The Morgan fingerprint density at radius 2 is 2.00 bits per heavy atom. The fourth-order valence-electron chi connectivity index (χ4n) is 3.71. The predicted molar refractivity (Wildman–Crippen MR) is 117 cm³/mol. The summed E-state index contributed by atoms with van der Waals surface area (Å²) < 4.78 is 41.8. The molecule has 1 aromatic rings. The van der Waals surface area contributed by atoms with Crippen molar-refractivity contribution in [2.75, 3.05) is 37.3 Å². The zero-order chi connectivity index (χ0) is 22.6. The van der Waals surface area contributed by atoms with Crippen LogP contribution in [0.25, 0.3) is 0 Å². The van der Waals surface area contributed by atoms with Crippen molar-refractivity contribution in [3.63, 3.8) is 0 Å². The number of nitrogens with one attached hydrogen (secondary N) is 2. The minimum absolute atomic E-state index is 0.0297. The Hall–Kier alpha value is -2.20. The van der Waals surface area contributed by atoms with E-state index in [0.29, 0.717) is 43.0 Å². The first-order chi connectivity index (χ1) is 14.6. The SMILES string of the molecule is C[C@@H](NS(=O)(=O)CCCCCN1CC(=O)NC1=O)c1ccc(F)c(N(C)CC2CC2)c1. The molecule has 1 aliphatic heterocycles. The van der Waals surface area contributed by atoms with E-state index in [9.17, 15) is 22.4 Å². The van der Waals surface area contributed by atoms with Crippen molar-refractivity contribution < 1.29 is 22.4 Å². The Bertz CT molecular complexity index is 920. The van der Waals surface area contributed by atoms with Crippen LogP contribution in [0.15, 0.2) is 18.2 Å². The van der Waals surface area contributed by atoms with Gasteiger partial charge in [-0.15, -0.1) is 0 Å². The van der Waals surface area contributed by atoms with Crippen LogP contribution in [0, 0.1) is 11.7 Å². The number of carbonyl (C=O) groups is 2. The van der Waals surface area contributed by atoms with Gasteiger partial charge in [0.15, 0.2) is 0 Å². The highest BCUT2D eigenvalue weighted by atomic mass is 32.2. The van der Waals surface area contributed by atoms with Crippen molar-refractivity contribution in [1.82, 2.24) is 14.9 Å². The van der Waals surface area contributed by atoms with E-state index in [2.05, 4.69) is 10.0 Å². The van der Waals surface area contributed by atoms with Crippen LogP contribution in [0.2, 0.25) is 0 Å². The first kappa shape index (κ1) is 23.5. The van der Waals surface area contributed by atoms with E-state index < -0.39 is 22.1 Å². The van der Waals surface area contributed by atoms with Crippen LogP contribution < -0.4 is 14.9 Å². The number of unbranched alkanes of at least 4 members (excludes halogenated alkanes) is 2. The third-order valence-corrected chi connectivity index (χ3v) is 7.21. The molecule has 1 saturated carbocycles. The molecule has 31 heavy (non-hydrogen) atoms. The third kappa shape index (κ3) is 6.90. The fourth-order valence-corrected chi connectivity index (χ4v) is 5.09. The smallest absolute Gasteiger partial charge is 0.324 e. The lowest BCUT2D eigenvalue weighted by atomic mass is 10.1. The number of hydrogen-bond acceptors (Lipinski definition) is 5.